The molecule has 0 radical (unpaired) electrons. The quantitative estimate of drug-likeness (QED) is 0.464. The predicted octanol–water partition coefficient (Wildman–Crippen LogP) is 1.88. The number of carbonyl (C=O) groups is 1. The third-order valence-electron chi connectivity index (χ3n) is 2.35. The molecule has 4 heteroatoms. The van der Waals surface area contributed by atoms with E-state index in [0.29, 0.717) is 17.9 Å². The molecule has 0 bridgehead atoms. The van der Waals surface area contributed by atoms with Crippen molar-refractivity contribution in [3.05, 3.63) is 23.2 Å². The van der Waals surface area contributed by atoms with Gasteiger partial charge in [0.25, 0.3) is 0 Å². The van der Waals surface area contributed by atoms with E-state index in [1.807, 2.05) is 0 Å². The molecule has 0 saturated heterocycles. The first-order chi connectivity index (χ1) is 8.19. The van der Waals surface area contributed by atoms with Crippen LogP contribution in [0.1, 0.15) is 34.7 Å². The lowest BCUT2D eigenvalue weighted by Gasteiger charge is -1.99. The van der Waals surface area contributed by atoms with Gasteiger partial charge in [0.2, 0.25) is 0 Å². The number of terminal acetylenes is 1. The van der Waals surface area contributed by atoms with Crippen LogP contribution in [0.5, 0.6) is 0 Å². The fourth-order valence-electron chi connectivity index (χ4n) is 1.47. The van der Waals surface area contributed by atoms with E-state index in [1.54, 1.807) is 13.0 Å². The van der Waals surface area contributed by atoms with E-state index in [1.165, 1.54) is 7.11 Å². The summed E-state index contributed by atoms with van der Waals surface area (Å²) in [7, 11) is 1.35. The molecule has 0 amide bonds. The van der Waals surface area contributed by atoms with E-state index < -0.39 is 0 Å². The number of hydrogen-bond acceptors (Lipinski definition) is 4. The number of hydrogen-bond donors (Lipinski definition) is 1. The monoisotopic (exact) mass is 235 g/mol. The van der Waals surface area contributed by atoms with E-state index in [0.717, 1.165) is 25.1 Å². The second-order valence-electron chi connectivity index (χ2n) is 3.66. The molecule has 1 aromatic rings. The average Bonchev–Trinajstić information content (AvgIpc) is 2.69. The van der Waals surface area contributed by atoms with Crippen LogP contribution >= 0.6 is 0 Å². The minimum absolute atomic E-state index is 0.371. The lowest BCUT2D eigenvalue weighted by atomic mass is 10.2. The summed E-state index contributed by atoms with van der Waals surface area (Å²) in [4.78, 5) is 11.3. The van der Waals surface area contributed by atoms with E-state index in [2.05, 4.69) is 16.0 Å². The summed E-state index contributed by atoms with van der Waals surface area (Å²) in [5.74, 6) is 3.51. The van der Waals surface area contributed by atoms with Crippen molar-refractivity contribution in [1.29, 1.82) is 0 Å². The molecule has 1 heterocycles. The van der Waals surface area contributed by atoms with Crippen molar-refractivity contribution in [2.45, 2.75) is 26.3 Å². The SMILES string of the molecule is C#CCCCNCc1cc(C(=O)OC)c(C)o1. The summed E-state index contributed by atoms with van der Waals surface area (Å²) in [5, 5.41) is 3.19. The predicted molar refractivity (Wildman–Crippen MR) is 64.6 cm³/mol. The molecule has 92 valence electrons. The van der Waals surface area contributed by atoms with Crippen LogP contribution in [-0.2, 0) is 11.3 Å². The van der Waals surface area contributed by atoms with Gasteiger partial charge in [-0.3, -0.25) is 0 Å². The molecular formula is C13H17NO3. The van der Waals surface area contributed by atoms with E-state index >= 15 is 0 Å². The van der Waals surface area contributed by atoms with Crippen LogP contribution in [0.4, 0.5) is 0 Å². The van der Waals surface area contributed by atoms with Crippen molar-refractivity contribution in [2.75, 3.05) is 13.7 Å². The van der Waals surface area contributed by atoms with Gasteiger partial charge in [-0.25, -0.2) is 4.79 Å². The molecule has 1 rings (SSSR count). The van der Waals surface area contributed by atoms with Gasteiger partial charge in [0.1, 0.15) is 17.1 Å². The zero-order valence-corrected chi connectivity index (χ0v) is 10.2. The molecule has 0 unspecified atom stereocenters. The highest BCUT2D eigenvalue weighted by atomic mass is 16.5. The zero-order chi connectivity index (χ0) is 12.7. The molecule has 0 aliphatic heterocycles. The fourth-order valence-corrected chi connectivity index (χ4v) is 1.47. The van der Waals surface area contributed by atoms with Crippen LogP contribution in [0.15, 0.2) is 10.5 Å². The molecule has 0 aliphatic carbocycles. The lowest BCUT2D eigenvalue weighted by molar-refractivity contribution is 0.0599. The first-order valence-electron chi connectivity index (χ1n) is 5.50. The largest absolute Gasteiger partial charge is 0.465 e. The number of carbonyl (C=O) groups excluding carboxylic acids is 1. The molecule has 0 atom stereocenters. The van der Waals surface area contributed by atoms with Gasteiger partial charge in [0, 0.05) is 6.42 Å². The van der Waals surface area contributed by atoms with Crippen molar-refractivity contribution >= 4 is 5.97 Å². The minimum Gasteiger partial charge on any atom is -0.465 e. The fraction of sp³-hybridized carbons (Fsp3) is 0.462. The summed E-state index contributed by atoms with van der Waals surface area (Å²) < 4.78 is 10.1. The first kappa shape index (κ1) is 13.3. The summed E-state index contributed by atoms with van der Waals surface area (Å²) in [5.41, 5.74) is 0.480. The Bertz CT molecular complexity index is 415. The Morgan fingerprint density at radius 1 is 1.65 bits per heavy atom. The normalized spacial score (nSPS) is 9.94. The molecule has 0 aromatic carbocycles. The van der Waals surface area contributed by atoms with E-state index in [9.17, 15) is 4.79 Å². The molecular weight excluding hydrogens is 218 g/mol. The number of aryl methyl sites for hydroxylation is 1. The van der Waals surface area contributed by atoms with Gasteiger partial charge < -0.3 is 14.5 Å². The number of nitrogens with one attached hydrogen (secondary N) is 1. The Balaban J connectivity index is 2.45. The van der Waals surface area contributed by atoms with Gasteiger partial charge in [-0.2, -0.15) is 0 Å². The van der Waals surface area contributed by atoms with Gasteiger partial charge in [0.15, 0.2) is 0 Å². The first-order valence-corrected chi connectivity index (χ1v) is 5.50. The minimum atomic E-state index is -0.371. The molecule has 0 spiro atoms. The number of rotatable bonds is 6. The molecule has 0 saturated carbocycles. The summed E-state index contributed by atoms with van der Waals surface area (Å²) in [6.45, 7) is 3.16. The maximum atomic E-state index is 11.3. The van der Waals surface area contributed by atoms with E-state index in [-0.39, 0.29) is 5.97 Å². The highest BCUT2D eigenvalue weighted by Gasteiger charge is 2.14. The van der Waals surface area contributed by atoms with Gasteiger partial charge >= 0.3 is 5.97 Å². The Morgan fingerprint density at radius 2 is 2.41 bits per heavy atom. The van der Waals surface area contributed by atoms with Crippen LogP contribution in [-0.4, -0.2) is 19.6 Å². The third kappa shape index (κ3) is 3.97. The van der Waals surface area contributed by atoms with Crippen LogP contribution < -0.4 is 5.32 Å². The van der Waals surface area contributed by atoms with Crippen molar-refractivity contribution in [3.63, 3.8) is 0 Å². The van der Waals surface area contributed by atoms with Crippen LogP contribution in [0.2, 0.25) is 0 Å². The Labute approximate surface area is 101 Å². The Kier molecular flexibility index (Phi) is 5.31. The summed E-state index contributed by atoms with van der Waals surface area (Å²) in [6, 6.07) is 1.70. The summed E-state index contributed by atoms with van der Waals surface area (Å²) >= 11 is 0. The maximum absolute atomic E-state index is 11.3. The molecule has 1 N–H and O–H groups in total. The molecule has 0 aliphatic rings. The van der Waals surface area contributed by atoms with Gasteiger partial charge in [-0.15, -0.1) is 12.3 Å². The van der Waals surface area contributed by atoms with Crippen LogP contribution in [0.3, 0.4) is 0 Å². The number of ether oxygens (including phenoxy) is 1. The van der Waals surface area contributed by atoms with Crippen molar-refractivity contribution < 1.29 is 13.9 Å². The van der Waals surface area contributed by atoms with Gasteiger partial charge in [0.05, 0.1) is 13.7 Å². The van der Waals surface area contributed by atoms with Crippen molar-refractivity contribution in [3.8, 4) is 12.3 Å². The standard InChI is InChI=1S/C13H17NO3/c1-4-5-6-7-14-9-11-8-12(10(2)17-11)13(15)16-3/h1,8,14H,5-7,9H2,2-3H3. The second kappa shape index (κ2) is 6.77. The maximum Gasteiger partial charge on any atom is 0.341 e. The van der Waals surface area contributed by atoms with Crippen LogP contribution in [0.25, 0.3) is 0 Å². The number of furan rings is 1. The second-order valence-corrected chi connectivity index (χ2v) is 3.66. The van der Waals surface area contributed by atoms with E-state index in [4.69, 9.17) is 10.8 Å². The van der Waals surface area contributed by atoms with Gasteiger partial charge in [-0.05, 0) is 26.0 Å². The highest BCUT2D eigenvalue weighted by Crippen LogP contribution is 2.15. The van der Waals surface area contributed by atoms with Gasteiger partial charge in [-0.1, -0.05) is 0 Å². The number of unbranched alkanes of at least 4 members (excludes halogenated alkanes) is 1. The topological polar surface area (TPSA) is 51.5 Å². The van der Waals surface area contributed by atoms with Crippen LogP contribution in [0, 0.1) is 19.3 Å². The highest BCUT2D eigenvalue weighted by molar-refractivity contribution is 5.90. The molecule has 0 fully saturated rings. The zero-order valence-electron chi connectivity index (χ0n) is 10.2. The number of methoxy groups -OCH3 is 1. The summed E-state index contributed by atoms with van der Waals surface area (Å²) in [6.07, 6.45) is 6.84. The number of esters is 1. The van der Waals surface area contributed by atoms with Crippen molar-refractivity contribution in [2.24, 2.45) is 0 Å². The van der Waals surface area contributed by atoms with Crippen molar-refractivity contribution in [1.82, 2.24) is 5.32 Å². The lowest BCUT2D eigenvalue weighted by Crippen LogP contribution is -2.13. The third-order valence-corrected chi connectivity index (χ3v) is 2.35. The Morgan fingerprint density at radius 3 is 3.06 bits per heavy atom. The average molecular weight is 235 g/mol. The smallest absolute Gasteiger partial charge is 0.341 e. The molecule has 17 heavy (non-hydrogen) atoms. The molecule has 1 aromatic heterocycles. The Hall–Kier alpha value is -1.73. The molecule has 4 nitrogen and oxygen atoms in total.